The second-order valence-electron chi connectivity index (χ2n) is 8.71. The molecule has 2 heterocycles. The Hall–Kier alpha value is -3.29. The van der Waals surface area contributed by atoms with E-state index in [2.05, 4.69) is 30.9 Å². The van der Waals surface area contributed by atoms with Crippen molar-refractivity contribution in [3.8, 4) is 28.4 Å². The van der Waals surface area contributed by atoms with Crippen molar-refractivity contribution in [2.24, 2.45) is 17.8 Å². The summed E-state index contributed by atoms with van der Waals surface area (Å²) in [5, 5.41) is 17.6. The number of nitrogens with zero attached hydrogens (tertiary/aromatic N) is 4. The minimum absolute atomic E-state index is 0.120. The van der Waals surface area contributed by atoms with Crippen molar-refractivity contribution < 1.29 is 9.53 Å². The molecule has 8 nitrogen and oxygen atoms in total. The van der Waals surface area contributed by atoms with Gasteiger partial charge in [0.15, 0.2) is 0 Å². The highest BCUT2D eigenvalue weighted by Crippen LogP contribution is 2.49. The zero-order chi connectivity index (χ0) is 21.9. The van der Waals surface area contributed by atoms with Crippen molar-refractivity contribution in [3.63, 3.8) is 0 Å². The number of ether oxygens (including phenoxy) is 1. The lowest BCUT2D eigenvalue weighted by Gasteiger charge is -2.21. The van der Waals surface area contributed by atoms with Gasteiger partial charge in [-0.25, -0.2) is 4.98 Å². The first-order chi connectivity index (χ1) is 15.7. The summed E-state index contributed by atoms with van der Waals surface area (Å²) in [6, 6.07) is 9.59. The molecule has 166 valence electrons. The third-order valence-corrected chi connectivity index (χ3v) is 6.64. The van der Waals surface area contributed by atoms with Gasteiger partial charge in [-0.2, -0.15) is 5.21 Å². The van der Waals surface area contributed by atoms with Gasteiger partial charge in [-0.05, 0) is 54.2 Å². The molecule has 2 aromatic heterocycles. The Labute approximate surface area is 187 Å². The fourth-order valence-corrected chi connectivity index (χ4v) is 4.94. The molecule has 0 bridgehead atoms. The first-order valence-corrected chi connectivity index (χ1v) is 11.5. The third kappa shape index (κ3) is 4.35. The molecule has 0 radical (unpaired) electrons. The van der Waals surface area contributed by atoms with Crippen LogP contribution >= 0.6 is 0 Å². The van der Waals surface area contributed by atoms with Crippen LogP contribution in [0.1, 0.15) is 45.4 Å². The lowest BCUT2D eigenvalue weighted by atomic mass is 9.85. The van der Waals surface area contributed by atoms with Crippen molar-refractivity contribution in [2.45, 2.75) is 45.4 Å². The number of aromatic nitrogens is 5. The summed E-state index contributed by atoms with van der Waals surface area (Å²) in [5.41, 5.74) is 3.34. The third-order valence-electron chi connectivity index (χ3n) is 6.64. The standard InChI is InChI=1S/C24H28N6O2/c1-2-32-22-11-8-16(14-25-22)18-10-9-17(12-20(18)23-27-29-30-28-23)26-24(31)21-13-19(21)15-6-4-3-5-7-15/h8-12,14-15,19,21H,2-7,13H2,1H3,(H,26,31)(H,27,28,29,30). The van der Waals surface area contributed by atoms with Gasteiger partial charge in [-0.15, -0.1) is 10.2 Å². The van der Waals surface area contributed by atoms with Crippen LogP contribution in [0.3, 0.4) is 0 Å². The van der Waals surface area contributed by atoms with Crippen LogP contribution in [-0.2, 0) is 4.79 Å². The fraction of sp³-hybridized carbons (Fsp3) is 0.458. The van der Waals surface area contributed by atoms with E-state index in [-0.39, 0.29) is 11.8 Å². The number of amides is 1. The lowest BCUT2D eigenvalue weighted by molar-refractivity contribution is -0.117. The normalized spacial score (nSPS) is 20.7. The van der Waals surface area contributed by atoms with Crippen molar-refractivity contribution in [1.82, 2.24) is 25.6 Å². The summed E-state index contributed by atoms with van der Waals surface area (Å²) in [4.78, 5) is 17.3. The minimum Gasteiger partial charge on any atom is -0.478 e. The van der Waals surface area contributed by atoms with Crippen molar-refractivity contribution in [3.05, 3.63) is 36.5 Å². The molecule has 1 aromatic carbocycles. The second kappa shape index (κ2) is 9.06. The first kappa shape index (κ1) is 20.6. The molecule has 2 saturated carbocycles. The number of aromatic amines is 1. The van der Waals surface area contributed by atoms with Gasteiger partial charge in [0.25, 0.3) is 0 Å². The van der Waals surface area contributed by atoms with Crippen molar-refractivity contribution in [1.29, 1.82) is 0 Å². The number of hydrogen-bond acceptors (Lipinski definition) is 6. The molecule has 0 aliphatic heterocycles. The average molecular weight is 433 g/mol. The van der Waals surface area contributed by atoms with Crippen LogP contribution in [0.25, 0.3) is 22.5 Å². The van der Waals surface area contributed by atoms with Crippen LogP contribution in [0.15, 0.2) is 36.5 Å². The second-order valence-corrected chi connectivity index (χ2v) is 8.71. The topological polar surface area (TPSA) is 106 Å². The quantitative estimate of drug-likeness (QED) is 0.570. The monoisotopic (exact) mass is 432 g/mol. The average Bonchev–Trinajstić information content (AvgIpc) is 3.45. The lowest BCUT2D eigenvalue weighted by Crippen LogP contribution is -2.18. The van der Waals surface area contributed by atoms with E-state index in [1.54, 1.807) is 6.20 Å². The molecule has 1 amide bonds. The molecule has 5 rings (SSSR count). The SMILES string of the molecule is CCOc1ccc(-c2ccc(NC(=O)C3CC3C3CCCCC3)cc2-c2nn[nH]n2)cn1. The zero-order valence-electron chi connectivity index (χ0n) is 18.3. The smallest absolute Gasteiger partial charge is 0.227 e. The maximum absolute atomic E-state index is 12.9. The molecule has 0 saturated heterocycles. The minimum atomic E-state index is 0.120. The number of H-pyrrole nitrogens is 1. The summed E-state index contributed by atoms with van der Waals surface area (Å²) in [5.74, 6) is 2.59. The van der Waals surface area contributed by atoms with Gasteiger partial charge in [-0.3, -0.25) is 4.79 Å². The Balaban J connectivity index is 1.35. The number of pyridine rings is 1. The molecular formula is C24H28N6O2. The Kier molecular flexibility index (Phi) is 5.83. The zero-order valence-corrected chi connectivity index (χ0v) is 18.3. The molecular weight excluding hydrogens is 404 g/mol. The number of rotatable bonds is 7. The van der Waals surface area contributed by atoms with Crippen LogP contribution in [0.5, 0.6) is 5.88 Å². The van der Waals surface area contributed by atoms with E-state index in [0.29, 0.717) is 24.2 Å². The van der Waals surface area contributed by atoms with E-state index in [0.717, 1.165) is 34.7 Å². The van der Waals surface area contributed by atoms with Gasteiger partial charge in [0.05, 0.1) is 6.61 Å². The van der Waals surface area contributed by atoms with E-state index in [1.807, 2.05) is 37.3 Å². The summed E-state index contributed by atoms with van der Waals surface area (Å²) < 4.78 is 5.44. The first-order valence-electron chi connectivity index (χ1n) is 11.5. The van der Waals surface area contributed by atoms with E-state index >= 15 is 0 Å². The summed E-state index contributed by atoms with van der Waals surface area (Å²) >= 11 is 0. The number of nitrogens with one attached hydrogen (secondary N) is 2. The molecule has 3 aromatic rings. The van der Waals surface area contributed by atoms with Crippen LogP contribution < -0.4 is 10.1 Å². The molecule has 2 aliphatic carbocycles. The van der Waals surface area contributed by atoms with Crippen LogP contribution in [0.2, 0.25) is 0 Å². The molecule has 2 N–H and O–H groups in total. The maximum atomic E-state index is 12.9. The summed E-state index contributed by atoms with van der Waals surface area (Å²) in [7, 11) is 0. The number of benzene rings is 1. The number of carbonyl (C=O) groups is 1. The van der Waals surface area contributed by atoms with Gasteiger partial charge in [0.2, 0.25) is 17.6 Å². The predicted octanol–water partition coefficient (Wildman–Crippen LogP) is 4.48. The Morgan fingerprint density at radius 3 is 2.75 bits per heavy atom. The van der Waals surface area contributed by atoms with Gasteiger partial charge in [-0.1, -0.05) is 38.2 Å². The molecule has 2 unspecified atom stereocenters. The highest BCUT2D eigenvalue weighted by molar-refractivity contribution is 5.96. The van der Waals surface area contributed by atoms with Gasteiger partial charge in [0, 0.05) is 35.0 Å². The Morgan fingerprint density at radius 2 is 2.03 bits per heavy atom. The number of anilines is 1. The maximum Gasteiger partial charge on any atom is 0.227 e. The number of tetrazole rings is 1. The molecule has 2 aliphatic rings. The highest BCUT2D eigenvalue weighted by atomic mass is 16.5. The number of hydrogen-bond donors (Lipinski definition) is 2. The van der Waals surface area contributed by atoms with Gasteiger partial charge in [0.1, 0.15) is 0 Å². The molecule has 2 atom stereocenters. The van der Waals surface area contributed by atoms with Gasteiger partial charge < -0.3 is 10.1 Å². The molecule has 32 heavy (non-hydrogen) atoms. The van der Waals surface area contributed by atoms with Crippen LogP contribution in [-0.4, -0.2) is 38.1 Å². The summed E-state index contributed by atoms with van der Waals surface area (Å²) in [6.45, 7) is 2.49. The van der Waals surface area contributed by atoms with E-state index < -0.39 is 0 Å². The van der Waals surface area contributed by atoms with Crippen molar-refractivity contribution in [2.75, 3.05) is 11.9 Å². The van der Waals surface area contributed by atoms with E-state index in [1.165, 1.54) is 32.1 Å². The van der Waals surface area contributed by atoms with Crippen LogP contribution in [0.4, 0.5) is 5.69 Å². The van der Waals surface area contributed by atoms with E-state index in [9.17, 15) is 4.79 Å². The van der Waals surface area contributed by atoms with Gasteiger partial charge >= 0.3 is 0 Å². The molecule has 0 spiro atoms. The Morgan fingerprint density at radius 1 is 1.16 bits per heavy atom. The molecule has 2 fully saturated rings. The van der Waals surface area contributed by atoms with Crippen molar-refractivity contribution >= 4 is 11.6 Å². The largest absolute Gasteiger partial charge is 0.478 e. The predicted molar refractivity (Wildman–Crippen MR) is 121 cm³/mol. The highest BCUT2D eigenvalue weighted by Gasteiger charge is 2.47. The molecule has 8 heteroatoms. The fourth-order valence-electron chi connectivity index (χ4n) is 4.94. The van der Waals surface area contributed by atoms with Crippen LogP contribution in [0, 0.1) is 17.8 Å². The van der Waals surface area contributed by atoms with E-state index in [4.69, 9.17) is 4.74 Å². The number of carbonyl (C=O) groups excluding carboxylic acids is 1. The Bertz CT molecular complexity index is 1060. The summed E-state index contributed by atoms with van der Waals surface area (Å²) in [6.07, 6.45) is 9.31.